The average Bonchev–Trinajstić information content (AvgIpc) is 3.37. The van der Waals surface area contributed by atoms with Gasteiger partial charge in [0, 0.05) is 25.5 Å². The van der Waals surface area contributed by atoms with Gasteiger partial charge in [0.05, 0.1) is 23.0 Å². The van der Waals surface area contributed by atoms with Gasteiger partial charge < -0.3 is 4.57 Å². The van der Waals surface area contributed by atoms with Crippen molar-refractivity contribution in [3.8, 4) is 0 Å². The topological polar surface area (TPSA) is 51.0 Å². The van der Waals surface area contributed by atoms with Crippen molar-refractivity contribution in [3.05, 3.63) is 76.9 Å². The number of rotatable bonds is 7. The van der Waals surface area contributed by atoms with Gasteiger partial charge in [0.1, 0.15) is 0 Å². The monoisotopic (exact) mass is 468 g/mol. The number of aryl methyl sites for hydroxylation is 5. The maximum Gasteiger partial charge on any atom is 0.233 e. The second-order valence-corrected chi connectivity index (χ2v) is 9.21. The van der Waals surface area contributed by atoms with E-state index in [0.717, 1.165) is 39.4 Å². The molecule has 0 saturated carbocycles. The Morgan fingerprint density at radius 3 is 2.56 bits per heavy atom. The van der Waals surface area contributed by atoms with Gasteiger partial charge in [-0.2, -0.15) is 0 Å². The van der Waals surface area contributed by atoms with Gasteiger partial charge in [0.15, 0.2) is 5.13 Å². The highest BCUT2D eigenvalue weighted by Crippen LogP contribution is 2.32. The highest BCUT2D eigenvalue weighted by Gasteiger charge is 2.21. The van der Waals surface area contributed by atoms with E-state index >= 15 is 0 Å². The van der Waals surface area contributed by atoms with Crippen LogP contribution in [0, 0.1) is 27.7 Å². The lowest BCUT2D eigenvalue weighted by atomic mass is 10.0. The Bertz CT molecular complexity index is 1220. The molecule has 5 nitrogen and oxygen atoms in total. The molecule has 2 heterocycles. The molecule has 168 valence electrons. The zero-order chi connectivity index (χ0) is 22.0. The van der Waals surface area contributed by atoms with Crippen LogP contribution in [0.3, 0.4) is 0 Å². The van der Waals surface area contributed by atoms with E-state index in [1.54, 1.807) is 17.5 Å². The normalized spacial score (nSPS) is 10.9. The molecule has 32 heavy (non-hydrogen) atoms. The zero-order valence-electron chi connectivity index (χ0n) is 19.0. The molecular formula is C25H29ClN4OS. The predicted molar refractivity (Wildman–Crippen MR) is 135 cm³/mol. The van der Waals surface area contributed by atoms with E-state index in [4.69, 9.17) is 4.98 Å². The van der Waals surface area contributed by atoms with Gasteiger partial charge in [-0.15, -0.1) is 12.4 Å². The van der Waals surface area contributed by atoms with Crippen LogP contribution in [0.15, 0.2) is 49.1 Å². The maximum atomic E-state index is 13.4. The number of carbonyl (C=O) groups is 1. The highest BCUT2D eigenvalue weighted by atomic mass is 35.5. The molecule has 2 aromatic carbocycles. The number of fused-ring (bicyclic) bond motifs is 1. The quantitative estimate of drug-likeness (QED) is 0.343. The Kier molecular flexibility index (Phi) is 7.69. The molecule has 0 bridgehead atoms. The van der Waals surface area contributed by atoms with E-state index < -0.39 is 0 Å². The van der Waals surface area contributed by atoms with Crippen LogP contribution >= 0.6 is 23.7 Å². The number of hydrogen-bond donors (Lipinski definition) is 0. The lowest BCUT2D eigenvalue weighted by molar-refractivity contribution is -0.118. The van der Waals surface area contributed by atoms with Gasteiger partial charge in [-0.3, -0.25) is 9.69 Å². The molecule has 0 aliphatic heterocycles. The molecule has 1 amide bonds. The first-order valence-corrected chi connectivity index (χ1v) is 11.4. The molecule has 2 aromatic heterocycles. The molecule has 0 spiro atoms. The first-order valence-electron chi connectivity index (χ1n) is 10.6. The number of aromatic nitrogens is 3. The Balaban J connectivity index is 0.00000289. The molecule has 0 radical (unpaired) electrons. The summed E-state index contributed by atoms with van der Waals surface area (Å²) >= 11 is 1.61. The first kappa shape index (κ1) is 24.0. The molecule has 0 saturated heterocycles. The molecule has 0 unspecified atom stereocenters. The number of imidazole rings is 1. The number of thiazole rings is 1. The summed E-state index contributed by atoms with van der Waals surface area (Å²) in [6, 6.07) is 10.5. The van der Waals surface area contributed by atoms with Crippen LogP contribution < -0.4 is 4.90 Å². The number of amides is 1. The van der Waals surface area contributed by atoms with E-state index in [1.807, 2.05) is 22.0 Å². The summed E-state index contributed by atoms with van der Waals surface area (Å²) in [5, 5.41) is 0.782. The van der Waals surface area contributed by atoms with Crippen LogP contribution in [0.1, 0.15) is 34.2 Å². The Morgan fingerprint density at radius 1 is 1.06 bits per heavy atom. The fourth-order valence-electron chi connectivity index (χ4n) is 3.94. The minimum atomic E-state index is 0. The minimum Gasteiger partial charge on any atom is -0.337 e. The summed E-state index contributed by atoms with van der Waals surface area (Å²) in [6.07, 6.45) is 6.76. The molecule has 4 aromatic rings. The number of anilines is 1. The predicted octanol–water partition coefficient (Wildman–Crippen LogP) is 5.81. The summed E-state index contributed by atoms with van der Waals surface area (Å²) in [6.45, 7) is 9.78. The van der Waals surface area contributed by atoms with Crippen molar-refractivity contribution < 1.29 is 4.79 Å². The van der Waals surface area contributed by atoms with Crippen molar-refractivity contribution in [2.45, 2.75) is 47.1 Å². The van der Waals surface area contributed by atoms with Crippen LogP contribution in [0.25, 0.3) is 10.2 Å². The van der Waals surface area contributed by atoms with E-state index in [-0.39, 0.29) is 18.3 Å². The van der Waals surface area contributed by atoms with Gasteiger partial charge in [-0.25, -0.2) is 9.97 Å². The summed E-state index contributed by atoms with van der Waals surface area (Å²) in [5.41, 5.74) is 6.80. The third kappa shape index (κ3) is 5.37. The molecule has 0 fully saturated rings. The molecule has 0 atom stereocenters. The summed E-state index contributed by atoms with van der Waals surface area (Å²) in [5.74, 6) is 0.0889. The summed E-state index contributed by atoms with van der Waals surface area (Å²) < 4.78 is 3.19. The van der Waals surface area contributed by atoms with Crippen molar-refractivity contribution in [1.29, 1.82) is 0 Å². The SMILES string of the molecule is Cc1ccc(CC(=O)N(CCCn2ccnc2)c2nc3cc(C)cc(C)c3s2)c(C)c1.Cl. The number of benzene rings is 2. The van der Waals surface area contributed by atoms with Crippen LogP contribution in [0.2, 0.25) is 0 Å². The van der Waals surface area contributed by atoms with Gasteiger partial charge in [0.2, 0.25) is 5.91 Å². The molecule has 4 rings (SSSR count). The Morgan fingerprint density at radius 2 is 1.84 bits per heavy atom. The van der Waals surface area contributed by atoms with Gasteiger partial charge in [-0.05, 0) is 62.4 Å². The minimum absolute atomic E-state index is 0. The molecule has 7 heteroatoms. The molecule has 0 aliphatic carbocycles. The van der Waals surface area contributed by atoms with Crippen molar-refractivity contribution in [2.75, 3.05) is 11.4 Å². The van der Waals surface area contributed by atoms with Crippen LogP contribution in [0.5, 0.6) is 0 Å². The van der Waals surface area contributed by atoms with Gasteiger partial charge in [-0.1, -0.05) is 41.2 Å². The molecule has 0 N–H and O–H groups in total. The molecular weight excluding hydrogens is 440 g/mol. The standard InChI is InChI=1S/C25H28N4OS.ClH/c1-17-6-7-21(19(3)12-17)15-23(30)29(10-5-9-28-11-8-26-16-28)25-27-22-14-18(2)13-20(4)24(22)31-25;/h6-8,11-14,16H,5,9-10,15H2,1-4H3;1H. The Hall–Kier alpha value is -2.70. The van der Waals surface area contributed by atoms with Gasteiger partial charge in [0.25, 0.3) is 0 Å². The highest BCUT2D eigenvalue weighted by molar-refractivity contribution is 7.22. The number of hydrogen-bond acceptors (Lipinski definition) is 4. The third-order valence-electron chi connectivity index (χ3n) is 5.54. The first-order chi connectivity index (χ1) is 14.9. The summed E-state index contributed by atoms with van der Waals surface area (Å²) in [4.78, 5) is 24.3. The van der Waals surface area contributed by atoms with Crippen LogP contribution in [-0.2, 0) is 17.8 Å². The average molecular weight is 469 g/mol. The number of halogens is 1. The van der Waals surface area contributed by atoms with Crippen molar-refractivity contribution >= 4 is 45.0 Å². The largest absolute Gasteiger partial charge is 0.337 e. The zero-order valence-corrected chi connectivity index (χ0v) is 20.6. The van der Waals surface area contributed by atoms with Crippen LogP contribution in [-0.4, -0.2) is 27.0 Å². The van der Waals surface area contributed by atoms with E-state index in [1.165, 1.54) is 16.7 Å². The van der Waals surface area contributed by atoms with E-state index in [9.17, 15) is 4.79 Å². The van der Waals surface area contributed by atoms with Crippen molar-refractivity contribution in [3.63, 3.8) is 0 Å². The fourth-order valence-corrected chi connectivity index (χ4v) is 5.00. The van der Waals surface area contributed by atoms with Crippen LogP contribution in [0.4, 0.5) is 5.13 Å². The summed E-state index contributed by atoms with van der Waals surface area (Å²) in [7, 11) is 0. The Labute approximate surface area is 199 Å². The third-order valence-corrected chi connectivity index (χ3v) is 6.77. The smallest absolute Gasteiger partial charge is 0.233 e. The lowest BCUT2D eigenvalue weighted by Crippen LogP contribution is -2.33. The van der Waals surface area contributed by atoms with Crippen molar-refractivity contribution in [2.24, 2.45) is 0 Å². The van der Waals surface area contributed by atoms with Crippen molar-refractivity contribution in [1.82, 2.24) is 14.5 Å². The van der Waals surface area contributed by atoms with Gasteiger partial charge >= 0.3 is 0 Å². The second kappa shape index (κ2) is 10.3. The van der Waals surface area contributed by atoms with E-state index in [2.05, 4.69) is 63.0 Å². The second-order valence-electron chi connectivity index (χ2n) is 8.23. The number of carbonyl (C=O) groups excluding carboxylic acids is 1. The molecule has 0 aliphatic rings. The maximum absolute atomic E-state index is 13.4. The van der Waals surface area contributed by atoms with E-state index in [0.29, 0.717) is 13.0 Å². The lowest BCUT2D eigenvalue weighted by Gasteiger charge is -2.20. The fraction of sp³-hybridized carbons (Fsp3) is 0.320. The number of nitrogens with zero attached hydrogens (tertiary/aromatic N) is 4.